The van der Waals surface area contributed by atoms with Gasteiger partial charge in [-0.25, -0.2) is 5.43 Å². The number of nitrogens with one attached hydrogen (secondary N) is 2. The first-order valence-electron chi connectivity index (χ1n) is 11.4. The largest absolute Gasteiger partial charge is 0.497 e. The third-order valence-corrected chi connectivity index (χ3v) is 5.74. The van der Waals surface area contributed by atoms with Gasteiger partial charge in [0.1, 0.15) is 23.8 Å². The number of aromatic amines is 1. The SMILES string of the molecule is COc1ccc(/C=N\NC(=O)c2cc(-c3ccc(OCc4cccc5ccccc45)cc3)n[nH]2)cc1. The van der Waals surface area contributed by atoms with Crippen LogP contribution in [0.5, 0.6) is 11.5 Å². The molecule has 7 heteroatoms. The first-order chi connectivity index (χ1) is 17.7. The Labute approximate surface area is 208 Å². The van der Waals surface area contributed by atoms with Gasteiger partial charge in [-0.1, -0.05) is 42.5 Å². The first-order valence-corrected chi connectivity index (χ1v) is 11.4. The highest BCUT2D eigenvalue weighted by atomic mass is 16.5. The van der Waals surface area contributed by atoms with Crippen LogP contribution < -0.4 is 14.9 Å². The standard InChI is InChI=1S/C29H24N4O3/c1-35-24-13-9-20(10-14-24)18-30-33-29(34)28-17-27(31-32-28)22-11-15-25(16-12-22)36-19-23-7-4-6-21-5-2-3-8-26(21)23/h2-18H,19H2,1H3,(H,31,32)(H,33,34)/b30-18-. The van der Waals surface area contributed by atoms with E-state index in [1.807, 2.05) is 66.7 Å². The molecule has 5 rings (SSSR count). The number of hydrogen-bond donors (Lipinski definition) is 2. The Bertz CT molecular complexity index is 1500. The number of amides is 1. The summed E-state index contributed by atoms with van der Waals surface area (Å²) in [7, 11) is 1.61. The topological polar surface area (TPSA) is 88.6 Å². The van der Waals surface area contributed by atoms with Gasteiger partial charge in [0.25, 0.3) is 5.91 Å². The van der Waals surface area contributed by atoms with E-state index < -0.39 is 0 Å². The van der Waals surface area contributed by atoms with E-state index in [1.54, 1.807) is 19.4 Å². The van der Waals surface area contributed by atoms with E-state index in [1.165, 1.54) is 10.8 Å². The van der Waals surface area contributed by atoms with Crippen LogP contribution in [-0.4, -0.2) is 29.4 Å². The zero-order valence-corrected chi connectivity index (χ0v) is 19.6. The molecule has 2 N–H and O–H groups in total. The van der Waals surface area contributed by atoms with Crippen LogP contribution in [0.2, 0.25) is 0 Å². The summed E-state index contributed by atoms with van der Waals surface area (Å²) in [6.07, 6.45) is 1.56. The number of aromatic nitrogens is 2. The molecule has 0 radical (unpaired) electrons. The van der Waals surface area contributed by atoms with Crippen molar-refractivity contribution in [3.8, 4) is 22.8 Å². The Morgan fingerprint density at radius 1 is 0.944 bits per heavy atom. The highest BCUT2D eigenvalue weighted by Gasteiger charge is 2.11. The van der Waals surface area contributed by atoms with Gasteiger partial charge in [-0.05, 0) is 76.5 Å². The van der Waals surface area contributed by atoms with Crippen LogP contribution in [0, 0.1) is 0 Å². The Hall–Kier alpha value is -4.91. The normalized spacial score (nSPS) is 11.0. The van der Waals surface area contributed by atoms with Crippen molar-refractivity contribution in [3.63, 3.8) is 0 Å². The lowest BCUT2D eigenvalue weighted by Gasteiger charge is -2.09. The maximum Gasteiger partial charge on any atom is 0.289 e. The molecule has 0 fully saturated rings. The van der Waals surface area contributed by atoms with E-state index >= 15 is 0 Å². The van der Waals surface area contributed by atoms with Gasteiger partial charge in [0, 0.05) is 5.56 Å². The average Bonchev–Trinajstić information content (AvgIpc) is 3.43. The molecule has 1 heterocycles. The van der Waals surface area contributed by atoms with Gasteiger partial charge in [-0.3, -0.25) is 9.89 Å². The summed E-state index contributed by atoms with van der Waals surface area (Å²) < 4.78 is 11.1. The minimum atomic E-state index is -0.381. The average molecular weight is 477 g/mol. The number of carbonyl (C=O) groups is 1. The summed E-state index contributed by atoms with van der Waals surface area (Å²) in [5, 5.41) is 13.4. The second-order valence-corrected chi connectivity index (χ2v) is 8.09. The zero-order valence-electron chi connectivity index (χ0n) is 19.6. The van der Waals surface area contributed by atoms with Crippen LogP contribution in [0.25, 0.3) is 22.0 Å². The molecule has 178 valence electrons. The predicted octanol–water partition coefficient (Wildman–Crippen LogP) is 5.58. The number of hydrazone groups is 1. The van der Waals surface area contributed by atoms with E-state index in [4.69, 9.17) is 9.47 Å². The van der Waals surface area contributed by atoms with E-state index in [9.17, 15) is 4.79 Å². The van der Waals surface area contributed by atoms with Crippen LogP contribution in [0.15, 0.2) is 102 Å². The maximum absolute atomic E-state index is 12.4. The van der Waals surface area contributed by atoms with Crippen LogP contribution in [0.1, 0.15) is 21.6 Å². The highest BCUT2D eigenvalue weighted by Crippen LogP contribution is 2.24. The van der Waals surface area contributed by atoms with E-state index in [0.29, 0.717) is 18.0 Å². The van der Waals surface area contributed by atoms with E-state index in [2.05, 4.69) is 45.0 Å². The third-order valence-electron chi connectivity index (χ3n) is 5.74. The van der Waals surface area contributed by atoms with Crippen LogP contribution >= 0.6 is 0 Å². The molecule has 4 aromatic carbocycles. The molecule has 36 heavy (non-hydrogen) atoms. The molecule has 7 nitrogen and oxygen atoms in total. The second-order valence-electron chi connectivity index (χ2n) is 8.09. The predicted molar refractivity (Wildman–Crippen MR) is 140 cm³/mol. The van der Waals surface area contributed by atoms with E-state index in [0.717, 1.165) is 28.2 Å². The smallest absolute Gasteiger partial charge is 0.289 e. The molecule has 0 bridgehead atoms. The fourth-order valence-electron chi connectivity index (χ4n) is 3.80. The number of hydrogen-bond acceptors (Lipinski definition) is 5. The van der Waals surface area contributed by atoms with Crippen molar-refractivity contribution in [2.45, 2.75) is 6.61 Å². The molecule has 0 atom stereocenters. The van der Waals surface area contributed by atoms with Crippen molar-refractivity contribution < 1.29 is 14.3 Å². The number of benzene rings is 4. The summed E-state index contributed by atoms with van der Waals surface area (Å²) in [6.45, 7) is 0.477. The molecular weight excluding hydrogens is 452 g/mol. The molecule has 1 aromatic heterocycles. The highest BCUT2D eigenvalue weighted by molar-refractivity contribution is 5.94. The molecule has 0 spiro atoms. The molecule has 0 unspecified atom stereocenters. The number of nitrogens with zero attached hydrogens (tertiary/aromatic N) is 2. The minimum absolute atomic E-state index is 0.313. The molecule has 0 saturated heterocycles. The number of rotatable bonds is 8. The summed E-state index contributed by atoms with van der Waals surface area (Å²) in [5.41, 5.74) is 6.31. The maximum atomic E-state index is 12.4. The van der Waals surface area contributed by atoms with Crippen molar-refractivity contribution in [1.29, 1.82) is 0 Å². The van der Waals surface area contributed by atoms with Gasteiger partial charge in [-0.2, -0.15) is 10.2 Å². The van der Waals surface area contributed by atoms with Gasteiger partial charge < -0.3 is 9.47 Å². The number of methoxy groups -OCH3 is 1. The molecule has 0 saturated carbocycles. The van der Waals surface area contributed by atoms with Crippen molar-refractivity contribution in [2.75, 3.05) is 7.11 Å². The molecule has 1 amide bonds. The Kier molecular flexibility index (Phi) is 6.71. The fraction of sp³-hybridized carbons (Fsp3) is 0.0690. The number of fused-ring (bicyclic) bond motifs is 1. The second kappa shape index (κ2) is 10.6. The molecule has 5 aromatic rings. The van der Waals surface area contributed by atoms with E-state index in [-0.39, 0.29) is 5.91 Å². The number of carbonyl (C=O) groups excluding carboxylic acids is 1. The monoisotopic (exact) mass is 476 g/mol. The molecule has 0 aliphatic carbocycles. The first kappa shape index (κ1) is 22.9. The molecular formula is C29H24N4O3. The lowest BCUT2D eigenvalue weighted by atomic mass is 10.1. The Morgan fingerprint density at radius 2 is 1.69 bits per heavy atom. The van der Waals surface area contributed by atoms with Crippen molar-refractivity contribution in [3.05, 3.63) is 114 Å². The van der Waals surface area contributed by atoms with Crippen molar-refractivity contribution in [1.82, 2.24) is 15.6 Å². The zero-order chi connectivity index (χ0) is 24.7. The molecule has 0 aliphatic heterocycles. The van der Waals surface area contributed by atoms with Gasteiger partial charge in [0.05, 0.1) is 19.0 Å². The molecule has 0 aliphatic rings. The summed E-state index contributed by atoms with van der Waals surface area (Å²) >= 11 is 0. The van der Waals surface area contributed by atoms with Crippen LogP contribution in [0.3, 0.4) is 0 Å². The number of H-pyrrole nitrogens is 1. The third kappa shape index (κ3) is 5.26. The summed E-state index contributed by atoms with van der Waals surface area (Å²) in [4.78, 5) is 12.4. The Morgan fingerprint density at radius 3 is 2.50 bits per heavy atom. The van der Waals surface area contributed by atoms with Crippen molar-refractivity contribution in [2.24, 2.45) is 5.10 Å². The van der Waals surface area contributed by atoms with Gasteiger partial charge >= 0.3 is 0 Å². The minimum Gasteiger partial charge on any atom is -0.497 e. The fourth-order valence-corrected chi connectivity index (χ4v) is 3.80. The Balaban J connectivity index is 1.19. The lowest BCUT2D eigenvalue weighted by molar-refractivity contribution is 0.0950. The van der Waals surface area contributed by atoms with Gasteiger partial charge in [0.2, 0.25) is 0 Å². The summed E-state index contributed by atoms with van der Waals surface area (Å²) in [6, 6.07) is 31.1. The van der Waals surface area contributed by atoms with Gasteiger partial charge in [-0.15, -0.1) is 0 Å². The van der Waals surface area contributed by atoms with Crippen LogP contribution in [0.4, 0.5) is 0 Å². The lowest BCUT2D eigenvalue weighted by Crippen LogP contribution is -2.17. The van der Waals surface area contributed by atoms with Gasteiger partial charge in [0.15, 0.2) is 0 Å². The quantitative estimate of drug-likeness (QED) is 0.226. The van der Waals surface area contributed by atoms with Crippen molar-refractivity contribution >= 4 is 22.9 Å². The summed E-state index contributed by atoms with van der Waals surface area (Å²) in [5.74, 6) is 1.13. The number of ether oxygens (including phenoxy) is 2. The van der Waals surface area contributed by atoms with Crippen LogP contribution in [-0.2, 0) is 6.61 Å².